The third-order valence-electron chi connectivity index (χ3n) is 3.99. The predicted molar refractivity (Wildman–Crippen MR) is 100 cm³/mol. The Kier molecular flexibility index (Phi) is 4.63. The molecule has 0 amide bonds. The zero-order valence-corrected chi connectivity index (χ0v) is 14.3. The minimum Gasteiger partial charge on any atom is -0.384 e. The van der Waals surface area contributed by atoms with Crippen molar-refractivity contribution in [2.75, 3.05) is 5.73 Å². The van der Waals surface area contributed by atoms with Gasteiger partial charge in [0.1, 0.15) is 12.1 Å². The smallest absolute Gasteiger partial charge is 0.260 e. The number of pyridine rings is 1. The monoisotopic (exact) mass is 353 g/mol. The number of hydrogen-bond acceptors (Lipinski definition) is 5. The summed E-state index contributed by atoms with van der Waals surface area (Å²) >= 11 is 6.44. The van der Waals surface area contributed by atoms with Gasteiger partial charge < -0.3 is 11.1 Å². The predicted octanol–water partition coefficient (Wildman–Crippen LogP) is 3.23. The fraction of sp³-hybridized carbons (Fsp3) is 0.111. The molecule has 25 heavy (non-hydrogen) atoms. The quantitative estimate of drug-likeness (QED) is 0.703. The molecule has 6 nitrogen and oxygen atoms in total. The van der Waals surface area contributed by atoms with Gasteiger partial charge in [0.05, 0.1) is 0 Å². The van der Waals surface area contributed by atoms with E-state index in [2.05, 4.69) is 9.97 Å². The van der Waals surface area contributed by atoms with E-state index >= 15 is 0 Å². The van der Waals surface area contributed by atoms with Gasteiger partial charge in [0.25, 0.3) is 5.56 Å². The average Bonchev–Trinajstić information content (AvgIpc) is 2.63. The molecular formula is C18H16ClN5O. The lowest BCUT2D eigenvalue weighted by Gasteiger charge is -2.14. The highest BCUT2D eigenvalue weighted by Crippen LogP contribution is 2.31. The van der Waals surface area contributed by atoms with Crippen LogP contribution in [0.3, 0.4) is 0 Å². The van der Waals surface area contributed by atoms with E-state index in [1.807, 2.05) is 13.0 Å². The first-order valence-corrected chi connectivity index (χ1v) is 8.03. The maximum Gasteiger partial charge on any atom is 0.260 e. The van der Waals surface area contributed by atoms with Crippen LogP contribution in [-0.4, -0.2) is 20.7 Å². The molecule has 2 heterocycles. The topological polar surface area (TPSA) is 97.7 Å². The molecule has 0 saturated carbocycles. The maximum atomic E-state index is 12.7. The first kappa shape index (κ1) is 16.9. The number of halogens is 1. The maximum absolute atomic E-state index is 12.7. The third kappa shape index (κ3) is 3.04. The Morgan fingerprint density at radius 1 is 1.20 bits per heavy atom. The van der Waals surface area contributed by atoms with Crippen LogP contribution in [0.2, 0.25) is 5.02 Å². The normalized spacial score (nSPS) is 10.6. The number of nitrogens with zero attached hydrogens (tertiary/aromatic N) is 3. The molecule has 0 aliphatic carbocycles. The number of benzene rings is 1. The molecule has 3 rings (SSSR count). The SMILES string of the molecule is CCn1c(N)c(C=N)cc(-c2ccc(-c3cncnc3)cc2Cl)c1=O. The molecule has 0 aliphatic rings. The van der Waals surface area contributed by atoms with Gasteiger partial charge in [-0.05, 0) is 24.6 Å². The molecule has 0 radical (unpaired) electrons. The molecule has 1 aromatic carbocycles. The molecule has 0 aliphatic heterocycles. The standard InChI is InChI=1S/C18H16ClN5O/c1-2-24-17(21)12(7-20)5-15(18(24)25)14-4-3-11(6-16(14)19)13-8-22-10-23-9-13/h3-10,20H,2,21H2,1H3. The molecule has 0 spiro atoms. The minimum absolute atomic E-state index is 0.233. The molecule has 126 valence electrons. The third-order valence-corrected chi connectivity index (χ3v) is 4.30. The summed E-state index contributed by atoms with van der Waals surface area (Å²) < 4.78 is 1.44. The van der Waals surface area contributed by atoms with Crippen LogP contribution in [-0.2, 0) is 6.54 Å². The minimum atomic E-state index is -0.233. The van der Waals surface area contributed by atoms with E-state index in [0.29, 0.717) is 28.3 Å². The van der Waals surface area contributed by atoms with Crippen molar-refractivity contribution < 1.29 is 0 Å². The van der Waals surface area contributed by atoms with E-state index in [4.69, 9.17) is 22.7 Å². The van der Waals surface area contributed by atoms with Gasteiger partial charge in [-0.25, -0.2) is 9.97 Å². The Morgan fingerprint density at radius 3 is 2.52 bits per heavy atom. The molecule has 2 aromatic heterocycles. The molecular weight excluding hydrogens is 338 g/mol. The van der Waals surface area contributed by atoms with E-state index in [-0.39, 0.29) is 11.4 Å². The highest BCUT2D eigenvalue weighted by atomic mass is 35.5. The zero-order chi connectivity index (χ0) is 18.0. The van der Waals surface area contributed by atoms with Gasteiger partial charge in [0.15, 0.2) is 0 Å². The Hall–Kier alpha value is -2.99. The van der Waals surface area contributed by atoms with Crippen LogP contribution < -0.4 is 11.3 Å². The molecule has 7 heteroatoms. The van der Waals surface area contributed by atoms with E-state index in [0.717, 1.165) is 17.3 Å². The van der Waals surface area contributed by atoms with Crippen LogP contribution >= 0.6 is 11.6 Å². The first-order valence-electron chi connectivity index (χ1n) is 7.66. The van der Waals surface area contributed by atoms with Gasteiger partial charge in [-0.1, -0.05) is 23.7 Å². The Balaban J connectivity index is 2.18. The number of nitrogens with one attached hydrogen (secondary N) is 1. The molecule has 0 fully saturated rings. The second-order valence-electron chi connectivity index (χ2n) is 5.41. The van der Waals surface area contributed by atoms with Gasteiger partial charge in [0.2, 0.25) is 0 Å². The highest BCUT2D eigenvalue weighted by molar-refractivity contribution is 6.33. The molecule has 0 unspecified atom stereocenters. The van der Waals surface area contributed by atoms with Crippen LogP contribution in [0.5, 0.6) is 0 Å². The van der Waals surface area contributed by atoms with E-state index in [9.17, 15) is 4.79 Å². The summed E-state index contributed by atoms with van der Waals surface area (Å²) in [5.41, 5.74) is 8.90. The Morgan fingerprint density at radius 2 is 1.92 bits per heavy atom. The molecule has 0 saturated heterocycles. The van der Waals surface area contributed by atoms with Gasteiger partial charge in [-0.3, -0.25) is 9.36 Å². The molecule has 0 bridgehead atoms. The first-order chi connectivity index (χ1) is 12.1. The molecule has 3 N–H and O–H groups in total. The summed E-state index contributed by atoms with van der Waals surface area (Å²) in [7, 11) is 0. The van der Waals surface area contributed by atoms with Crippen LogP contribution in [0.1, 0.15) is 12.5 Å². The van der Waals surface area contributed by atoms with Crippen molar-refractivity contribution in [3.63, 3.8) is 0 Å². The largest absolute Gasteiger partial charge is 0.384 e. The number of aromatic nitrogens is 3. The fourth-order valence-corrected chi connectivity index (χ4v) is 2.97. The van der Waals surface area contributed by atoms with Crippen LogP contribution in [0, 0.1) is 5.41 Å². The van der Waals surface area contributed by atoms with Crippen LogP contribution in [0.4, 0.5) is 5.82 Å². The van der Waals surface area contributed by atoms with Crippen molar-refractivity contribution in [2.24, 2.45) is 0 Å². The fourth-order valence-electron chi connectivity index (χ4n) is 2.69. The van der Waals surface area contributed by atoms with Crippen molar-refractivity contribution >= 4 is 23.6 Å². The van der Waals surface area contributed by atoms with Gasteiger partial charge >= 0.3 is 0 Å². The van der Waals surface area contributed by atoms with E-state index in [1.165, 1.54) is 10.9 Å². The summed E-state index contributed by atoms with van der Waals surface area (Å²) in [6.07, 6.45) is 5.98. The molecule has 3 aromatic rings. The van der Waals surface area contributed by atoms with Crippen LogP contribution in [0.15, 0.2) is 47.8 Å². The lowest BCUT2D eigenvalue weighted by atomic mass is 10.0. The lowest BCUT2D eigenvalue weighted by molar-refractivity contribution is 0.740. The van der Waals surface area contributed by atoms with Crippen molar-refractivity contribution in [2.45, 2.75) is 13.5 Å². The van der Waals surface area contributed by atoms with Crippen molar-refractivity contribution in [1.82, 2.24) is 14.5 Å². The van der Waals surface area contributed by atoms with Crippen molar-refractivity contribution in [1.29, 1.82) is 5.41 Å². The van der Waals surface area contributed by atoms with Gasteiger partial charge in [-0.2, -0.15) is 0 Å². The van der Waals surface area contributed by atoms with Crippen molar-refractivity contribution in [3.8, 4) is 22.3 Å². The highest BCUT2D eigenvalue weighted by Gasteiger charge is 2.15. The van der Waals surface area contributed by atoms with Gasteiger partial charge in [0, 0.05) is 52.4 Å². The Labute approximate surface area is 149 Å². The second kappa shape index (κ2) is 6.86. The summed E-state index contributed by atoms with van der Waals surface area (Å²) in [4.78, 5) is 20.7. The number of nitrogen functional groups attached to an aromatic ring is 1. The number of hydrogen-bond donors (Lipinski definition) is 2. The second-order valence-corrected chi connectivity index (χ2v) is 5.82. The van der Waals surface area contributed by atoms with E-state index in [1.54, 1.807) is 30.6 Å². The van der Waals surface area contributed by atoms with Crippen molar-refractivity contribution in [3.05, 3.63) is 63.9 Å². The van der Waals surface area contributed by atoms with E-state index < -0.39 is 0 Å². The average molecular weight is 354 g/mol. The van der Waals surface area contributed by atoms with Crippen LogP contribution in [0.25, 0.3) is 22.3 Å². The Bertz CT molecular complexity index is 998. The summed E-state index contributed by atoms with van der Waals surface area (Å²) in [6.45, 7) is 2.24. The summed E-state index contributed by atoms with van der Waals surface area (Å²) in [5, 5.41) is 7.95. The zero-order valence-electron chi connectivity index (χ0n) is 13.5. The number of rotatable bonds is 4. The lowest BCUT2D eigenvalue weighted by Crippen LogP contribution is -2.25. The summed E-state index contributed by atoms with van der Waals surface area (Å²) in [6, 6.07) is 7.01. The molecule has 0 atom stereocenters. The number of nitrogens with two attached hydrogens (primary N) is 1. The van der Waals surface area contributed by atoms with Gasteiger partial charge in [-0.15, -0.1) is 0 Å². The number of anilines is 1. The summed E-state index contributed by atoms with van der Waals surface area (Å²) in [5.74, 6) is 0.278.